The van der Waals surface area contributed by atoms with Crippen molar-refractivity contribution in [3.63, 3.8) is 0 Å². The summed E-state index contributed by atoms with van der Waals surface area (Å²) in [6, 6.07) is 8.50. The Balaban J connectivity index is 2.33. The third-order valence-electron chi connectivity index (χ3n) is 3.40. The highest BCUT2D eigenvalue weighted by Gasteiger charge is 2.38. The molecule has 15 heavy (non-hydrogen) atoms. The zero-order chi connectivity index (χ0) is 10.7. The summed E-state index contributed by atoms with van der Waals surface area (Å²) in [5.41, 5.74) is 1.50. The van der Waals surface area contributed by atoms with E-state index in [0.29, 0.717) is 6.54 Å². The Bertz CT molecular complexity index is 369. The molecule has 0 unspecified atom stereocenters. The monoisotopic (exact) mass is 263 g/mol. The fourth-order valence-electron chi connectivity index (χ4n) is 2.54. The Morgan fingerprint density at radius 3 is 2.33 bits per heavy atom. The highest BCUT2D eigenvalue weighted by Crippen LogP contribution is 2.41. The maximum absolute atomic E-state index is 7.10. The van der Waals surface area contributed by atoms with Crippen molar-refractivity contribution in [2.24, 2.45) is 0 Å². The van der Waals surface area contributed by atoms with Gasteiger partial charge in [0.25, 0.3) is 0 Å². The maximum atomic E-state index is 7.10. The molecule has 0 spiro atoms. The van der Waals surface area contributed by atoms with E-state index in [1.165, 1.54) is 31.2 Å². The second kappa shape index (κ2) is 4.37. The molecule has 0 N–H and O–H groups in total. The second-order valence-corrected chi connectivity index (χ2v) is 5.23. The van der Waals surface area contributed by atoms with Crippen LogP contribution in [0.1, 0.15) is 31.2 Å². The van der Waals surface area contributed by atoms with Crippen LogP contribution in [0.4, 0.5) is 0 Å². The average molecular weight is 264 g/mol. The molecular formula is C13H14BrN. The van der Waals surface area contributed by atoms with Gasteiger partial charge in [-0.15, -0.1) is 0 Å². The highest BCUT2D eigenvalue weighted by molar-refractivity contribution is 9.10. The third-order valence-corrected chi connectivity index (χ3v) is 3.93. The number of benzene rings is 1. The van der Waals surface area contributed by atoms with Crippen LogP contribution in [0.3, 0.4) is 0 Å². The number of rotatable bonds is 2. The molecule has 1 fully saturated rings. The van der Waals surface area contributed by atoms with E-state index in [2.05, 4.69) is 45.0 Å². The third kappa shape index (κ3) is 2.08. The number of halogens is 1. The molecule has 2 rings (SSSR count). The summed E-state index contributed by atoms with van der Waals surface area (Å²) >= 11 is 3.45. The summed E-state index contributed by atoms with van der Waals surface area (Å²) in [6.07, 6.45) is 4.89. The second-order valence-electron chi connectivity index (χ2n) is 4.31. The normalized spacial score (nSPS) is 18.7. The van der Waals surface area contributed by atoms with Crippen LogP contribution in [0.5, 0.6) is 0 Å². The predicted octanol–water partition coefficient (Wildman–Crippen LogP) is 4.18. The predicted molar refractivity (Wildman–Crippen MR) is 65.8 cm³/mol. The fraction of sp³-hybridized carbons (Fsp3) is 0.462. The first-order chi connectivity index (χ1) is 7.27. The Kier molecular flexibility index (Phi) is 3.11. The molecule has 2 heteroatoms. The molecule has 1 aromatic rings. The minimum Gasteiger partial charge on any atom is -0.316 e. The lowest BCUT2D eigenvalue weighted by Gasteiger charge is -2.23. The van der Waals surface area contributed by atoms with Gasteiger partial charge in [-0.05, 0) is 30.5 Å². The fourth-order valence-corrected chi connectivity index (χ4v) is 2.81. The molecule has 0 amide bonds. The zero-order valence-corrected chi connectivity index (χ0v) is 10.3. The van der Waals surface area contributed by atoms with E-state index in [0.717, 1.165) is 4.47 Å². The Morgan fingerprint density at radius 2 is 1.80 bits per heavy atom. The van der Waals surface area contributed by atoms with Crippen molar-refractivity contribution in [3.05, 3.63) is 45.7 Å². The van der Waals surface area contributed by atoms with Crippen LogP contribution in [-0.2, 0) is 5.41 Å². The van der Waals surface area contributed by atoms with Crippen molar-refractivity contribution in [2.45, 2.75) is 31.1 Å². The topological polar surface area (TPSA) is 4.36 Å². The van der Waals surface area contributed by atoms with Crippen LogP contribution in [0, 0.1) is 6.57 Å². The van der Waals surface area contributed by atoms with Gasteiger partial charge in [-0.1, -0.05) is 40.9 Å². The van der Waals surface area contributed by atoms with Crippen LogP contribution < -0.4 is 0 Å². The molecule has 0 atom stereocenters. The van der Waals surface area contributed by atoms with Gasteiger partial charge in [0.05, 0.1) is 5.41 Å². The molecule has 1 nitrogen and oxygen atoms in total. The average Bonchev–Trinajstić information content (AvgIpc) is 2.69. The van der Waals surface area contributed by atoms with Gasteiger partial charge in [0.1, 0.15) is 0 Å². The van der Waals surface area contributed by atoms with E-state index < -0.39 is 0 Å². The van der Waals surface area contributed by atoms with E-state index in [4.69, 9.17) is 6.57 Å². The SMILES string of the molecule is [C-]#[N+]CC1(c2ccc(Br)cc2)CCCC1. The Hall–Kier alpha value is -0.810. The van der Waals surface area contributed by atoms with Crippen molar-refractivity contribution in [1.82, 2.24) is 0 Å². The van der Waals surface area contributed by atoms with Crippen molar-refractivity contribution in [3.8, 4) is 0 Å². The van der Waals surface area contributed by atoms with E-state index in [1.54, 1.807) is 0 Å². The van der Waals surface area contributed by atoms with Crippen LogP contribution in [0.25, 0.3) is 4.85 Å². The van der Waals surface area contributed by atoms with Gasteiger partial charge in [0.2, 0.25) is 6.54 Å². The largest absolute Gasteiger partial charge is 0.316 e. The van der Waals surface area contributed by atoms with Crippen LogP contribution in [0.2, 0.25) is 0 Å². The van der Waals surface area contributed by atoms with Crippen LogP contribution in [-0.4, -0.2) is 6.54 Å². The lowest BCUT2D eigenvalue weighted by molar-refractivity contribution is 0.478. The smallest absolute Gasteiger partial charge is 0.224 e. The van der Waals surface area contributed by atoms with Gasteiger partial charge in [-0.2, -0.15) is 0 Å². The van der Waals surface area contributed by atoms with E-state index in [9.17, 15) is 0 Å². The molecule has 0 radical (unpaired) electrons. The number of nitrogens with zero attached hydrogens (tertiary/aromatic N) is 1. The maximum Gasteiger partial charge on any atom is 0.224 e. The van der Waals surface area contributed by atoms with E-state index >= 15 is 0 Å². The van der Waals surface area contributed by atoms with Crippen LogP contribution in [0.15, 0.2) is 28.7 Å². The van der Waals surface area contributed by atoms with Crippen molar-refractivity contribution < 1.29 is 0 Å². The van der Waals surface area contributed by atoms with E-state index in [1.807, 2.05) is 0 Å². The molecule has 0 aromatic heterocycles. The molecule has 0 heterocycles. The van der Waals surface area contributed by atoms with Gasteiger partial charge in [0.15, 0.2) is 0 Å². The molecular weight excluding hydrogens is 250 g/mol. The number of hydrogen-bond donors (Lipinski definition) is 0. The Labute approximate surface area is 99.5 Å². The molecule has 1 aliphatic carbocycles. The van der Waals surface area contributed by atoms with Gasteiger partial charge in [0, 0.05) is 4.47 Å². The Morgan fingerprint density at radius 1 is 1.20 bits per heavy atom. The lowest BCUT2D eigenvalue weighted by Crippen LogP contribution is -2.24. The molecule has 1 saturated carbocycles. The summed E-state index contributed by atoms with van der Waals surface area (Å²) in [5, 5.41) is 0. The van der Waals surface area contributed by atoms with Crippen molar-refractivity contribution in [1.29, 1.82) is 0 Å². The first kappa shape index (κ1) is 10.7. The first-order valence-electron chi connectivity index (χ1n) is 5.36. The van der Waals surface area contributed by atoms with Gasteiger partial charge in [-0.3, -0.25) is 0 Å². The number of hydrogen-bond acceptors (Lipinski definition) is 0. The van der Waals surface area contributed by atoms with Gasteiger partial charge in [-0.25, -0.2) is 6.57 Å². The van der Waals surface area contributed by atoms with Gasteiger partial charge < -0.3 is 4.85 Å². The van der Waals surface area contributed by atoms with Crippen molar-refractivity contribution in [2.75, 3.05) is 6.54 Å². The van der Waals surface area contributed by atoms with Gasteiger partial charge >= 0.3 is 0 Å². The van der Waals surface area contributed by atoms with E-state index in [-0.39, 0.29) is 5.41 Å². The minimum absolute atomic E-state index is 0.155. The molecule has 1 aromatic carbocycles. The first-order valence-corrected chi connectivity index (χ1v) is 6.15. The van der Waals surface area contributed by atoms with Crippen LogP contribution >= 0.6 is 15.9 Å². The van der Waals surface area contributed by atoms with Crippen molar-refractivity contribution >= 4 is 15.9 Å². The molecule has 78 valence electrons. The molecule has 0 bridgehead atoms. The highest BCUT2D eigenvalue weighted by atomic mass is 79.9. The summed E-state index contributed by atoms with van der Waals surface area (Å²) in [5.74, 6) is 0. The summed E-state index contributed by atoms with van der Waals surface area (Å²) < 4.78 is 1.11. The summed E-state index contributed by atoms with van der Waals surface area (Å²) in [4.78, 5) is 3.63. The molecule has 1 aliphatic rings. The summed E-state index contributed by atoms with van der Waals surface area (Å²) in [7, 11) is 0. The zero-order valence-electron chi connectivity index (χ0n) is 8.67. The quantitative estimate of drug-likeness (QED) is 0.706. The molecule has 0 saturated heterocycles. The lowest BCUT2D eigenvalue weighted by atomic mass is 9.79. The minimum atomic E-state index is 0.155. The summed E-state index contributed by atoms with van der Waals surface area (Å²) in [6.45, 7) is 7.75. The molecule has 0 aliphatic heterocycles. The standard InChI is InChI=1S/C13H14BrN/c1-15-10-13(8-2-3-9-13)11-4-6-12(14)7-5-11/h4-7H,2-3,8-10H2.